The van der Waals surface area contributed by atoms with Crippen LogP contribution in [0.5, 0.6) is 5.75 Å². The van der Waals surface area contributed by atoms with E-state index in [1.165, 1.54) is 58.5 Å². The number of carboxylic acid groups (broad SMARTS) is 1. The van der Waals surface area contributed by atoms with E-state index in [0.29, 0.717) is 30.6 Å². The highest BCUT2D eigenvalue weighted by Crippen LogP contribution is 2.36. The molecule has 0 aliphatic carbocycles. The monoisotopic (exact) mass is 605 g/mol. The number of methoxy groups -OCH3 is 1. The average molecular weight is 606 g/mol. The zero-order valence-electron chi connectivity index (χ0n) is 26.9. The third-order valence-electron chi connectivity index (χ3n) is 8.29. The molecule has 240 valence electrons. The largest absolute Gasteiger partial charge is 0.497 e. The van der Waals surface area contributed by atoms with Gasteiger partial charge in [-0.2, -0.15) is 15.5 Å². The first-order valence-corrected chi connectivity index (χ1v) is 16.2. The first-order chi connectivity index (χ1) is 21.4. The van der Waals surface area contributed by atoms with Gasteiger partial charge in [0, 0.05) is 13.5 Å². The Balaban J connectivity index is 2.06. The molecule has 0 spiro atoms. The maximum atomic E-state index is 12.1. The molecule has 0 saturated carbocycles. The topological polar surface area (TPSA) is 121 Å². The number of hydrogen-bond donors (Lipinski definition) is 1. The molecule has 44 heavy (non-hydrogen) atoms. The summed E-state index contributed by atoms with van der Waals surface area (Å²) in [5.74, 6) is -2.41. The molecule has 3 atom stereocenters. The number of esters is 1. The minimum atomic E-state index is -1.65. The van der Waals surface area contributed by atoms with Gasteiger partial charge in [0.15, 0.2) is 0 Å². The Hall–Kier alpha value is -3.73. The minimum Gasteiger partial charge on any atom is -0.497 e. The Morgan fingerprint density at radius 2 is 1.55 bits per heavy atom. The lowest BCUT2D eigenvalue weighted by molar-refractivity contribution is -0.168. The van der Waals surface area contributed by atoms with E-state index in [-0.39, 0.29) is 12.5 Å². The zero-order chi connectivity index (χ0) is 32.0. The first kappa shape index (κ1) is 36.5. The molecular weight excluding hydrogens is 554 g/mol. The molecule has 0 bridgehead atoms. The lowest BCUT2D eigenvalue weighted by Gasteiger charge is -2.28. The molecule has 0 amide bonds. The Bertz CT molecular complexity index is 1180. The number of nitriles is 1. The van der Waals surface area contributed by atoms with Crippen molar-refractivity contribution in [2.75, 3.05) is 14.2 Å². The van der Waals surface area contributed by atoms with Crippen molar-refractivity contribution in [3.8, 4) is 11.8 Å². The van der Waals surface area contributed by atoms with Gasteiger partial charge in [0.2, 0.25) is 0 Å². The van der Waals surface area contributed by atoms with E-state index < -0.39 is 23.5 Å². The summed E-state index contributed by atoms with van der Waals surface area (Å²) in [4.78, 5) is 23.3. The van der Waals surface area contributed by atoms with Crippen LogP contribution in [-0.4, -0.2) is 37.2 Å². The molecule has 0 aliphatic rings. The van der Waals surface area contributed by atoms with Crippen LogP contribution in [0.15, 0.2) is 64.8 Å². The van der Waals surface area contributed by atoms with Crippen molar-refractivity contribution >= 4 is 11.9 Å². The fourth-order valence-corrected chi connectivity index (χ4v) is 5.81. The first-order valence-electron chi connectivity index (χ1n) is 16.2. The van der Waals surface area contributed by atoms with E-state index in [2.05, 4.69) is 23.2 Å². The highest BCUT2D eigenvalue weighted by atomic mass is 16.6. The molecule has 0 aliphatic heterocycles. The molecule has 2 rings (SSSR count). The Kier molecular flexibility index (Phi) is 17.4. The van der Waals surface area contributed by atoms with Gasteiger partial charge in [-0.05, 0) is 48.9 Å². The van der Waals surface area contributed by atoms with Crippen molar-refractivity contribution < 1.29 is 24.2 Å². The Labute approximate surface area is 263 Å². The minimum absolute atomic E-state index is 0.257. The highest BCUT2D eigenvalue weighted by Gasteiger charge is 2.32. The Morgan fingerprint density at radius 3 is 2.14 bits per heavy atom. The van der Waals surface area contributed by atoms with Gasteiger partial charge in [-0.3, -0.25) is 0 Å². The van der Waals surface area contributed by atoms with Crippen LogP contribution in [0.25, 0.3) is 0 Å². The smallest absolute Gasteiger partial charge is 0.417 e. The summed E-state index contributed by atoms with van der Waals surface area (Å²) < 4.78 is 10.7. The van der Waals surface area contributed by atoms with Gasteiger partial charge >= 0.3 is 11.9 Å². The molecule has 0 saturated heterocycles. The number of nitrogens with zero attached hydrogens (tertiary/aromatic N) is 3. The van der Waals surface area contributed by atoms with Crippen molar-refractivity contribution in [1.82, 2.24) is 0 Å². The van der Waals surface area contributed by atoms with Crippen LogP contribution in [0, 0.1) is 11.3 Å². The van der Waals surface area contributed by atoms with E-state index in [0.717, 1.165) is 24.8 Å². The van der Waals surface area contributed by atoms with E-state index >= 15 is 0 Å². The second kappa shape index (κ2) is 21.1. The summed E-state index contributed by atoms with van der Waals surface area (Å²) in [6, 6.07) is 19.4. The maximum absolute atomic E-state index is 12.1. The van der Waals surface area contributed by atoms with Crippen LogP contribution in [0.1, 0.15) is 120 Å². The molecule has 3 unspecified atom stereocenters. The van der Waals surface area contributed by atoms with Crippen molar-refractivity contribution in [2.24, 2.45) is 10.2 Å². The number of carboxylic acids is 1. The van der Waals surface area contributed by atoms with Crippen molar-refractivity contribution in [3.05, 3.63) is 65.7 Å². The molecule has 2 aromatic carbocycles. The van der Waals surface area contributed by atoms with Crippen molar-refractivity contribution in [2.45, 2.75) is 121 Å². The number of hydrogen-bond acceptors (Lipinski definition) is 7. The van der Waals surface area contributed by atoms with Gasteiger partial charge in [0.05, 0.1) is 24.6 Å². The third kappa shape index (κ3) is 12.9. The van der Waals surface area contributed by atoms with Crippen LogP contribution in [0.3, 0.4) is 0 Å². The van der Waals surface area contributed by atoms with Gasteiger partial charge in [0.25, 0.3) is 0 Å². The predicted octanol–water partition coefficient (Wildman–Crippen LogP) is 9.15. The summed E-state index contributed by atoms with van der Waals surface area (Å²) >= 11 is 0. The van der Waals surface area contributed by atoms with Gasteiger partial charge < -0.3 is 14.6 Å². The number of ether oxygens (including phenoxy) is 2. The molecule has 8 nitrogen and oxygen atoms in total. The number of benzene rings is 2. The van der Waals surface area contributed by atoms with Gasteiger partial charge in [-0.15, -0.1) is 0 Å². The highest BCUT2D eigenvalue weighted by molar-refractivity contribution is 6.28. The summed E-state index contributed by atoms with van der Waals surface area (Å²) in [6.45, 7) is 2.24. The molecule has 0 fully saturated rings. The van der Waals surface area contributed by atoms with E-state index in [1.807, 2.05) is 30.3 Å². The van der Waals surface area contributed by atoms with E-state index in [9.17, 15) is 20.0 Å². The van der Waals surface area contributed by atoms with Gasteiger partial charge in [-0.1, -0.05) is 114 Å². The molecular formula is C36H51N3O5. The third-order valence-corrected chi connectivity index (χ3v) is 8.29. The summed E-state index contributed by atoms with van der Waals surface area (Å²) in [5.41, 5.74) is 1.06. The number of aliphatic carboxylic acids is 1. The number of carbonyl (C=O) groups is 2. The van der Waals surface area contributed by atoms with E-state index in [4.69, 9.17) is 9.47 Å². The maximum Gasteiger partial charge on any atom is 0.417 e. The van der Waals surface area contributed by atoms with Gasteiger partial charge in [-0.25, -0.2) is 9.59 Å². The molecule has 0 aromatic heterocycles. The number of azo groups is 1. The second-order valence-electron chi connectivity index (χ2n) is 11.6. The predicted molar refractivity (Wildman–Crippen MR) is 173 cm³/mol. The fraction of sp³-hybridized carbons (Fsp3) is 0.583. The van der Waals surface area contributed by atoms with Crippen molar-refractivity contribution in [1.29, 1.82) is 5.26 Å². The normalized spacial score (nSPS) is 14.0. The van der Waals surface area contributed by atoms with Gasteiger partial charge in [0.1, 0.15) is 11.9 Å². The zero-order valence-corrected chi connectivity index (χ0v) is 26.9. The molecule has 0 radical (unpaired) electrons. The SMILES string of the molecule is CCCCCCCCCCCCC(C#N)(CCCC(CC(OC(=O)C(=O)O)c1cccc(OC)c1)N=NC)c1ccccc1. The number of rotatable bonds is 22. The number of carbonyl (C=O) groups excluding carboxylic acids is 1. The molecule has 0 heterocycles. The quantitative estimate of drug-likeness (QED) is 0.0618. The summed E-state index contributed by atoms with van der Waals surface area (Å²) in [7, 11) is 3.13. The molecule has 1 N–H and O–H groups in total. The van der Waals surface area contributed by atoms with Crippen LogP contribution in [0.2, 0.25) is 0 Å². The van der Waals surface area contributed by atoms with Crippen LogP contribution in [0.4, 0.5) is 0 Å². The number of unbranched alkanes of at least 4 members (excludes halogenated alkanes) is 9. The average Bonchev–Trinajstić information content (AvgIpc) is 3.04. The molecule has 8 heteroatoms. The lowest BCUT2D eigenvalue weighted by atomic mass is 9.73. The molecule has 2 aromatic rings. The second-order valence-corrected chi connectivity index (χ2v) is 11.6. The lowest BCUT2D eigenvalue weighted by Crippen LogP contribution is -2.25. The standard InChI is InChI=1S/C36H51N3O5/c1-4-5-6-7-8-9-10-11-12-16-24-36(28-37,30-20-14-13-15-21-30)25-18-22-31(39-38-2)27-33(44-35(42)34(40)41)29-19-17-23-32(26-29)43-3/h13-15,17,19-21,23,26,31,33H,4-12,16,18,22,24-25,27H2,1-3H3,(H,40,41). The van der Waals surface area contributed by atoms with Crippen LogP contribution in [-0.2, 0) is 19.7 Å². The van der Waals surface area contributed by atoms with Crippen LogP contribution >= 0.6 is 0 Å². The van der Waals surface area contributed by atoms with E-state index in [1.54, 1.807) is 31.3 Å². The van der Waals surface area contributed by atoms with Crippen LogP contribution < -0.4 is 4.74 Å². The fourth-order valence-electron chi connectivity index (χ4n) is 5.81. The summed E-state index contributed by atoms with van der Waals surface area (Å²) in [6.07, 6.45) is 14.7. The Morgan fingerprint density at radius 1 is 0.909 bits per heavy atom. The van der Waals surface area contributed by atoms with Crippen molar-refractivity contribution in [3.63, 3.8) is 0 Å². The summed E-state index contributed by atoms with van der Waals surface area (Å²) in [5, 5.41) is 28.1.